The first-order valence-corrected chi connectivity index (χ1v) is 8.01. The minimum absolute atomic E-state index is 0.101. The van der Waals surface area contributed by atoms with E-state index in [1.165, 1.54) is 10.8 Å². The predicted octanol–water partition coefficient (Wildman–Crippen LogP) is -0.678. The fourth-order valence-electron chi connectivity index (χ4n) is 2.31. The summed E-state index contributed by atoms with van der Waals surface area (Å²) < 4.78 is 27.2. The molecule has 3 N–H and O–H groups in total. The molecule has 1 aliphatic heterocycles. The topological polar surface area (TPSA) is 120 Å². The second-order valence-corrected chi connectivity index (χ2v) is 6.95. The number of β-amino-alcohol motifs (C(OH)–C–C–N with tert-alkyl or cyclic N) is 2. The van der Waals surface area contributed by atoms with Gasteiger partial charge in [-0.15, -0.1) is 0 Å². The smallest absolute Gasteiger partial charge is 0.352 e. The van der Waals surface area contributed by atoms with Crippen LogP contribution in [0.1, 0.15) is 23.8 Å². The molecule has 1 fully saturated rings. The van der Waals surface area contributed by atoms with Crippen LogP contribution >= 0.6 is 0 Å². The van der Waals surface area contributed by atoms with Crippen molar-refractivity contribution in [1.82, 2.24) is 8.87 Å². The van der Waals surface area contributed by atoms with Gasteiger partial charge in [-0.25, -0.2) is 13.2 Å². The summed E-state index contributed by atoms with van der Waals surface area (Å²) in [4.78, 5) is 11.0. The molecule has 0 bridgehead atoms. The van der Waals surface area contributed by atoms with E-state index < -0.39 is 28.2 Å². The van der Waals surface area contributed by atoms with Gasteiger partial charge in [-0.3, -0.25) is 0 Å². The number of aliphatic hydroxyl groups excluding tert-OH is 2. The van der Waals surface area contributed by atoms with E-state index in [1.807, 2.05) is 6.92 Å². The molecule has 21 heavy (non-hydrogen) atoms. The first-order valence-electron chi connectivity index (χ1n) is 6.57. The average Bonchev–Trinajstić information content (AvgIpc) is 2.96. The Bertz CT molecular complexity index is 628. The van der Waals surface area contributed by atoms with E-state index in [0.29, 0.717) is 13.0 Å². The molecule has 0 aromatic carbocycles. The van der Waals surface area contributed by atoms with Crippen molar-refractivity contribution < 1.29 is 28.5 Å². The summed E-state index contributed by atoms with van der Waals surface area (Å²) in [5.41, 5.74) is -0.101. The first-order chi connectivity index (χ1) is 9.77. The van der Waals surface area contributed by atoms with Crippen LogP contribution < -0.4 is 0 Å². The SMILES string of the molecule is CCCn1cc(S(=O)(=O)N2C[C@@H](O)[C@@H](O)C2)cc1C(=O)O. The van der Waals surface area contributed by atoms with Crippen molar-refractivity contribution in [2.75, 3.05) is 13.1 Å². The number of hydrogen-bond donors (Lipinski definition) is 3. The molecule has 0 aliphatic carbocycles. The summed E-state index contributed by atoms with van der Waals surface area (Å²) >= 11 is 0. The first kappa shape index (κ1) is 16.0. The number of sulfonamides is 1. The van der Waals surface area contributed by atoms with Crippen molar-refractivity contribution in [2.24, 2.45) is 0 Å². The molecule has 8 nitrogen and oxygen atoms in total. The van der Waals surface area contributed by atoms with Crippen molar-refractivity contribution in [2.45, 2.75) is 37.0 Å². The zero-order chi connectivity index (χ0) is 15.8. The van der Waals surface area contributed by atoms with Crippen LogP contribution in [0.3, 0.4) is 0 Å². The van der Waals surface area contributed by atoms with E-state index in [9.17, 15) is 23.4 Å². The van der Waals surface area contributed by atoms with Gasteiger partial charge in [-0.05, 0) is 12.5 Å². The third kappa shape index (κ3) is 2.95. The van der Waals surface area contributed by atoms with Crippen LogP contribution in [0.4, 0.5) is 0 Å². The molecule has 0 radical (unpaired) electrons. The highest BCUT2D eigenvalue weighted by molar-refractivity contribution is 7.89. The van der Waals surface area contributed by atoms with Gasteiger partial charge in [0, 0.05) is 25.8 Å². The third-order valence-corrected chi connectivity index (χ3v) is 5.22. The molecule has 0 spiro atoms. The van der Waals surface area contributed by atoms with Gasteiger partial charge in [0.25, 0.3) is 0 Å². The maximum Gasteiger partial charge on any atom is 0.352 e. The number of carbonyl (C=O) groups is 1. The highest BCUT2D eigenvalue weighted by Crippen LogP contribution is 2.23. The van der Waals surface area contributed by atoms with Gasteiger partial charge in [0.1, 0.15) is 10.6 Å². The van der Waals surface area contributed by atoms with Gasteiger partial charge < -0.3 is 19.9 Å². The molecule has 2 rings (SSSR count). The number of carboxylic acid groups (broad SMARTS) is 1. The van der Waals surface area contributed by atoms with Crippen molar-refractivity contribution in [3.63, 3.8) is 0 Å². The monoisotopic (exact) mass is 318 g/mol. The van der Waals surface area contributed by atoms with Gasteiger partial charge in [0.15, 0.2) is 0 Å². The van der Waals surface area contributed by atoms with E-state index in [-0.39, 0.29) is 23.7 Å². The molecule has 1 saturated heterocycles. The molecule has 1 aromatic rings. The molecule has 2 heterocycles. The normalized spacial score (nSPS) is 23.6. The minimum atomic E-state index is -3.93. The molecule has 1 aromatic heterocycles. The maximum atomic E-state index is 12.4. The number of hydrogen-bond acceptors (Lipinski definition) is 5. The summed E-state index contributed by atoms with van der Waals surface area (Å²) in [5, 5.41) is 28.0. The number of aromatic nitrogens is 1. The second-order valence-electron chi connectivity index (χ2n) is 5.02. The number of aromatic carboxylic acids is 1. The molecule has 9 heteroatoms. The Morgan fingerprint density at radius 3 is 2.38 bits per heavy atom. The number of aliphatic hydroxyl groups is 2. The molecule has 0 amide bonds. The minimum Gasteiger partial charge on any atom is -0.477 e. The molecular formula is C12H18N2O6S. The number of nitrogens with zero attached hydrogens (tertiary/aromatic N) is 2. The highest BCUT2D eigenvalue weighted by Gasteiger charge is 2.38. The Hall–Kier alpha value is -1.42. The maximum absolute atomic E-state index is 12.4. The van der Waals surface area contributed by atoms with Gasteiger partial charge in [-0.1, -0.05) is 6.92 Å². The van der Waals surface area contributed by atoms with Crippen LogP contribution in [0.15, 0.2) is 17.2 Å². The molecular weight excluding hydrogens is 300 g/mol. The van der Waals surface area contributed by atoms with E-state index in [2.05, 4.69) is 0 Å². The van der Waals surface area contributed by atoms with E-state index in [0.717, 1.165) is 10.4 Å². The van der Waals surface area contributed by atoms with Crippen LogP contribution in [-0.2, 0) is 16.6 Å². The van der Waals surface area contributed by atoms with E-state index >= 15 is 0 Å². The van der Waals surface area contributed by atoms with Gasteiger partial charge in [0.2, 0.25) is 10.0 Å². The lowest BCUT2D eigenvalue weighted by Gasteiger charge is -2.14. The summed E-state index contributed by atoms with van der Waals surface area (Å²) in [6, 6.07) is 1.10. The summed E-state index contributed by atoms with van der Waals surface area (Å²) in [7, 11) is -3.93. The largest absolute Gasteiger partial charge is 0.477 e. The molecule has 1 aliphatic rings. The highest BCUT2D eigenvalue weighted by atomic mass is 32.2. The van der Waals surface area contributed by atoms with Crippen LogP contribution in [0.25, 0.3) is 0 Å². The third-order valence-electron chi connectivity index (χ3n) is 3.42. The van der Waals surface area contributed by atoms with E-state index in [4.69, 9.17) is 5.11 Å². The number of rotatable bonds is 5. The van der Waals surface area contributed by atoms with Gasteiger partial charge in [-0.2, -0.15) is 4.31 Å². The zero-order valence-corrected chi connectivity index (χ0v) is 12.3. The average molecular weight is 318 g/mol. The van der Waals surface area contributed by atoms with Crippen LogP contribution in [0, 0.1) is 0 Å². The fraction of sp³-hybridized carbons (Fsp3) is 0.583. The standard InChI is InChI=1S/C12H18N2O6S/c1-2-3-13-5-8(4-9(13)12(17)18)21(19,20)14-6-10(15)11(16)7-14/h4-5,10-11,15-16H,2-3,6-7H2,1H3,(H,17,18)/t10-,11+. The van der Waals surface area contributed by atoms with Gasteiger partial charge >= 0.3 is 5.97 Å². The van der Waals surface area contributed by atoms with Crippen molar-refractivity contribution in [3.8, 4) is 0 Å². The van der Waals surface area contributed by atoms with Crippen LogP contribution in [-0.4, -0.2) is 63.9 Å². The Morgan fingerprint density at radius 2 is 1.90 bits per heavy atom. The number of aryl methyl sites for hydroxylation is 1. The van der Waals surface area contributed by atoms with E-state index in [1.54, 1.807) is 0 Å². The Morgan fingerprint density at radius 1 is 1.33 bits per heavy atom. The Kier molecular flexibility index (Phi) is 4.38. The summed E-state index contributed by atoms with van der Waals surface area (Å²) in [5.74, 6) is -1.20. The van der Waals surface area contributed by atoms with Crippen molar-refractivity contribution in [3.05, 3.63) is 18.0 Å². The van der Waals surface area contributed by atoms with Crippen LogP contribution in [0.2, 0.25) is 0 Å². The molecule has 2 atom stereocenters. The summed E-state index contributed by atoms with van der Waals surface area (Å²) in [6.07, 6.45) is -0.317. The second kappa shape index (κ2) is 5.76. The zero-order valence-electron chi connectivity index (χ0n) is 11.5. The quantitative estimate of drug-likeness (QED) is 0.662. The fourth-order valence-corrected chi connectivity index (χ4v) is 3.83. The Balaban J connectivity index is 2.37. The lowest BCUT2D eigenvalue weighted by atomic mass is 10.3. The van der Waals surface area contributed by atoms with Crippen molar-refractivity contribution >= 4 is 16.0 Å². The molecule has 0 saturated carbocycles. The summed E-state index contributed by atoms with van der Waals surface area (Å²) in [6.45, 7) is 1.84. The predicted molar refractivity (Wildman–Crippen MR) is 72.5 cm³/mol. The lowest BCUT2D eigenvalue weighted by molar-refractivity contribution is 0.0572. The lowest BCUT2D eigenvalue weighted by Crippen LogP contribution is -2.29. The molecule has 0 unspecified atom stereocenters. The number of carboxylic acids is 1. The molecule has 118 valence electrons. The van der Waals surface area contributed by atoms with Crippen LogP contribution in [0.5, 0.6) is 0 Å². The van der Waals surface area contributed by atoms with Gasteiger partial charge in [0.05, 0.1) is 12.2 Å². The Labute approximate surface area is 122 Å². The van der Waals surface area contributed by atoms with Crippen molar-refractivity contribution in [1.29, 1.82) is 0 Å².